The number of carbonyl (C=O) groups is 4. The van der Waals surface area contributed by atoms with Crippen LogP contribution in [0.2, 0.25) is 0 Å². The summed E-state index contributed by atoms with van der Waals surface area (Å²) in [6.45, 7) is -4.74. The predicted molar refractivity (Wildman–Crippen MR) is 220 cm³/mol. The van der Waals surface area contributed by atoms with E-state index in [0.717, 1.165) is 13.8 Å². The van der Waals surface area contributed by atoms with Crippen LogP contribution < -0.4 is 16.0 Å². The lowest BCUT2D eigenvalue weighted by atomic mass is 9.88. The Labute approximate surface area is 406 Å². The summed E-state index contributed by atoms with van der Waals surface area (Å²) < 4.78 is 51.8. The minimum Gasteiger partial charge on any atom is -0.477 e. The van der Waals surface area contributed by atoms with E-state index in [2.05, 4.69) is 16.0 Å². The molecule has 0 bridgehead atoms. The number of rotatable bonds is 20. The summed E-state index contributed by atoms with van der Waals surface area (Å²) in [5, 5.41) is 188. The summed E-state index contributed by atoms with van der Waals surface area (Å²) in [6.07, 6.45) is -46.8. The van der Waals surface area contributed by atoms with Gasteiger partial charge >= 0.3 is 5.97 Å². The highest BCUT2D eigenvalue weighted by atomic mass is 16.8. The molecule has 1 unspecified atom stereocenters. The van der Waals surface area contributed by atoms with Crippen LogP contribution in [0.1, 0.15) is 20.3 Å². The highest BCUT2D eigenvalue weighted by Crippen LogP contribution is 2.40. The van der Waals surface area contributed by atoms with Gasteiger partial charge in [-0.15, -0.1) is 0 Å². The molecule has 0 aromatic carbocycles. The van der Waals surface area contributed by atoms with Crippen LogP contribution in [-0.4, -0.2) is 309 Å². The van der Waals surface area contributed by atoms with Gasteiger partial charge in [0.2, 0.25) is 17.7 Å². The van der Waals surface area contributed by atoms with Crippen molar-refractivity contribution in [2.24, 2.45) is 0 Å². The Balaban J connectivity index is 1.60. The van der Waals surface area contributed by atoms with E-state index in [1.165, 1.54) is 0 Å². The number of ether oxygens (including phenoxy) is 9. The van der Waals surface area contributed by atoms with Gasteiger partial charge in [-0.25, -0.2) is 4.79 Å². The second kappa shape index (κ2) is 25.6. The largest absolute Gasteiger partial charge is 0.477 e. The third kappa shape index (κ3) is 12.9. The molecular formula is C39H65N3O30. The van der Waals surface area contributed by atoms with E-state index >= 15 is 0 Å². The fraction of sp³-hybridized carbons (Fsp3) is 0.897. The molecule has 26 atom stereocenters. The summed E-state index contributed by atoms with van der Waals surface area (Å²) in [5.74, 6) is -8.56. The SMILES string of the molecule is CC(=O)N[C@H]1[C@H](O[C@@H]2[C@H](O[C@]3(C(=O)O)C[C@H](O)[C@@H](NC(=O)CO)[C@H]([C@H](O)[C@H](O)CO)O3)[C@@H](O)[C@H](O[C@H]3[C@@H](O)[C@@H](CO)OC(O)[C@@H]3NC(C)=O)O[C@@H]2CO)O[C@H](CO)[C@H](O[C@H]2O[C@H](CO)[C@H](O)[C@H](O)[C@H]2O)[C@@H]1O. The van der Waals surface area contributed by atoms with E-state index in [0.29, 0.717) is 0 Å². The normalized spacial score (nSPS) is 44.6. The van der Waals surface area contributed by atoms with Gasteiger partial charge in [-0.3, -0.25) is 14.4 Å². The van der Waals surface area contributed by atoms with Gasteiger partial charge in [0.1, 0.15) is 122 Å². The number of carboxylic acid groups (broad SMARTS) is 1. The fourth-order valence-corrected chi connectivity index (χ4v) is 8.94. The van der Waals surface area contributed by atoms with Crippen molar-refractivity contribution in [1.29, 1.82) is 0 Å². The van der Waals surface area contributed by atoms with Gasteiger partial charge in [0.15, 0.2) is 25.2 Å². The van der Waals surface area contributed by atoms with E-state index in [1.54, 1.807) is 0 Å². The lowest BCUT2D eigenvalue weighted by Gasteiger charge is -2.52. The Morgan fingerprint density at radius 1 is 0.569 bits per heavy atom. The van der Waals surface area contributed by atoms with E-state index in [1.807, 2.05) is 0 Å². The highest BCUT2D eigenvalue weighted by Gasteiger charge is 2.62. The molecular weight excluding hydrogens is 990 g/mol. The van der Waals surface area contributed by atoms with Crippen molar-refractivity contribution in [2.75, 3.05) is 39.6 Å². The number of hydrogen-bond donors (Lipinski definition) is 20. The molecule has 5 fully saturated rings. The fourth-order valence-electron chi connectivity index (χ4n) is 8.94. The molecule has 33 nitrogen and oxygen atoms in total. The molecule has 0 aliphatic carbocycles. The van der Waals surface area contributed by atoms with Crippen LogP contribution in [0.5, 0.6) is 0 Å². The quantitative estimate of drug-likeness (QED) is 0.0538. The molecule has 5 aliphatic rings. The Bertz CT molecular complexity index is 1790. The molecule has 0 aromatic heterocycles. The molecule has 72 heavy (non-hydrogen) atoms. The molecule has 0 spiro atoms. The molecule has 0 aromatic rings. The minimum absolute atomic E-state index is 0.836. The van der Waals surface area contributed by atoms with Gasteiger partial charge in [-0.1, -0.05) is 0 Å². The van der Waals surface area contributed by atoms with Crippen LogP contribution in [0.4, 0.5) is 0 Å². The van der Waals surface area contributed by atoms with Crippen molar-refractivity contribution in [3.05, 3.63) is 0 Å². The number of carboxylic acids is 1. The van der Waals surface area contributed by atoms with Crippen LogP contribution in [0.15, 0.2) is 0 Å². The first kappa shape index (κ1) is 59.8. The molecule has 0 saturated carbocycles. The lowest BCUT2D eigenvalue weighted by molar-refractivity contribution is -0.400. The van der Waals surface area contributed by atoms with Gasteiger partial charge in [0.05, 0.1) is 45.2 Å². The first-order valence-electron chi connectivity index (χ1n) is 22.4. The van der Waals surface area contributed by atoms with Gasteiger partial charge in [0, 0.05) is 20.3 Å². The van der Waals surface area contributed by atoms with Crippen molar-refractivity contribution in [1.82, 2.24) is 16.0 Å². The zero-order valence-corrected chi connectivity index (χ0v) is 38.3. The van der Waals surface area contributed by atoms with Crippen LogP contribution in [-0.2, 0) is 61.8 Å². The van der Waals surface area contributed by atoms with Gasteiger partial charge in [-0.05, 0) is 0 Å². The van der Waals surface area contributed by atoms with Crippen molar-refractivity contribution in [3.8, 4) is 0 Å². The van der Waals surface area contributed by atoms with E-state index < -0.39 is 229 Å². The molecule has 5 heterocycles. The Kier molecular flexibility index (Phi) is 21.3. The highest BCUT2D eigenvalue weighted by molar-refractivity contribution is 5.78. The monoisotopic (exact) mass is 1060 g/mol. The number of carbonyl (C=O) groups excluding carboxylic acids is 3. The molecule has 0 radical (unpaired) electrons. The summed E-state index contributed by atoms with van der Waals surface area (Å²) in [5.41, 5.74) is 0. The first-order valence-corrected chi connectivity index (χ1v) is 22.4. The molecule has 416 valence electrons. The molecule has 5 saturated heterocycles. The first-order chi connectivity index (χ1) is 33.9. The predicted octanol–water partition coefficient (Wildman–Crippen LogP) is -13.3. The maximum atomic E-state index is 13.5. The van der Waals surface area contributed by atoms with Crippen molar-refractivity contribution in [3.63, 3.8) is 0 Å². The number of aliphatic hydroxyl groups is 16. The smallest absolute Gasteiger partial charge is 0.364 e. The zero-order chi connectivity index (χ0) is 53.7. The third-order valence-corrected chi connectivity index (χ3v) is 12.6. The molecule has 3 amide bonds. The van der Waals surface area contributed by atoms with Crippen LogP contribution in [0.25, 0.3) is 0 Å². The van der Waals surface area contributed by atoms with E-state index in [9.17, 15) is 106 Å². The maximum Gasteiger partial charge on any atom is 0.364 e. The standard InChI is InChI=1S/C39H65N3O30/c1-10(49)40-20-25(57)29(68-36-27(59)26(58)23(55)14(5-44)65-36)16(7-46)66-35(20)69-30-17(8-47)67-37(70-31-21(41-11(2)50)34(61)64-15(6-45)24(31)56)28(60)33(30)72-39(38(62)63)3-12(51)19(42-18(53)9-48)32(71-39)22(54)13(52)4-43/h12-17,19-37,43-48,51-52,54-61H,3-9H2,1-2H3,(H,40,49)(H,41,50)(H,42,53)(H,62,63)/t12-,13+,14+,15+,16+,17+,19+,20+,21+,22+,23-,24-,25+,26-,27+,28+,29-,30-,31+,32+,33+,34?,35-,36+,37-,39-/m0/s1. The van der Waals surface area contributed by atoms with E-state index in [-0.39, 0.29) is 0 Å². The topological polar surface area (TPSA) is 531 Å². The average molecular weight is 1060 g/mol. The summed E-state index contributed by atoms with van der Waals surface area (Å²) in [6, 6.07) is -5.52. The molecule has 5 rings (SSSR count). The van der Waals surface area contributed by atoms with Crippen molar-refractivity contribution < 1.29 is 149 Å². The number of aliphatic carboxylic acids is 1. The molecule has 5 aliphatic heterocycles. The molecule has 33 heteroatoms. The van der Waals surface area contributed by atoms with Crippen molar-refractivity contribution in [2.45, 2.75) is 179 Å². The van der Waals surface area contributed by atoms with Gasteiger partial charge in [-0.2, -0.15) is 0 Å². The average Bonchev–Trinajstić information content (AvgIpc) is 3.34. The second-order valence-corrected chi connectivity index (χ2v) is 17.6. The number of nitrogens with one attached hydrogen (secondary N) is 3. The Morgan fingerprint density at radius 2 is 1.08 bits per heavy atom. The third-order valence-electron chi connectivity index (χ3n) is 12.6. The van der Waals surface area contributed by atoms with Gasteiger partial charge in [0.25, 0.3) is 5.79 Å². The van der Waals surface area contributed by atoms with Gasteiger partial charge < -0.3 is 145 Å². The lowest BCUT2D eigenvalue weighted by Crippen LogP contribution is -2.72. The zero-order valence-electron chi connectivity index (χ0n) is 38.3. The van der Waals surface area contributed by atoms with Crippen LogP contribution in [0, 0.1) is 0 Å². The van der Waals surface area contributed by atoms with Crippen molar-refractivity contribution >= 4 is 23.7 Å². The number of aliphatic hydroxyl groups excluding tert-OH is 16. The summed E-state index contributed by atoms with van der Waals surface area (Å²) >= 11 is 0. The number of hydrogen-bond acceptors (Lipinski definition) is 29. The summed E-state index contributed by atoms with van der Waals surface area (Å²) in [4.78, 5) is 50.7. The summed E-state index contributed by atoms with van der Waals surface area (Å²) in [7, 11) is 0. The Morgan fingerprint density at radius 3 is 1.64 bits per heavy atom. The van der Waals surface area contributed by atoms with E-state index in [4.69, 9.17) is 42.6 Å². The Hall–Kier alpha value is -3.12. The maximum absolute atomic E-state index is 13.5. The molecule has 20 N–H and O–H groups in total. The number of amides is 3. The minimum atomic E-state index is -3.40. The van der Waals surface area contributed by atoms with Crippen LogP contribution in [0.3, 0.4) is 0 Å². The van der Waals surface area contributed by atoms with Crippen LogP contribution >= 0.6 is 0 Å². The second-order valence-electron chi connectivity index (χ2n) is 17.6.